The van der Waals surface area contributed by atoms with Gasteiger partial charge in [0.05, 0.1) is 19.4 Å². The topological polar surface area (TPSA) is 41.8 Å². The first kappa shape index (κ1) is 15.8. The predicted octanol–water partition coefficient (Wildman–Crippen LogP) is 4.21. The van der Waals surface area contributed by atoms with E-state index in [1.165, 1.54) is 0 Å². The van der Waals surface area contributed by atoms with Gasteiger partial charge in [0.1, 0.15) is 11.5 Å². The van der Waals surface area contributed by atoms with Crippen molar-refractivity contribution in [2.75, 3.05) is 13.7 Å². The van der Waals surface area contributed by atoms with Crippen LogP contribution in [0.15, 0.2) is 83.3 Å². The fourth-order valence-electron chi connectivity index (χ4n) is 2.25. The van der Waals surface area contributed by atoms with Gasteiger partial charge in [0.25, 0.3) is 0 Å². The summed E-state index contributed by atoms with van der Waals surface area (Å²) in [6.07, 6.45) is 7.30. The SMILES string of the molecule is C=CC1=C/C(C)/C(O)=C\C(c2ccccc2)=N/C/C=C\1OC. The number of aliphatic hydroxyl groups excluding tert-OH is 1. The van der Waals surface area contributed by atoms with E-state index in [-0.39, 0.29) is 11.7 Å². The average Bonchev–Trinajstić information content (AvgIpc) is 2.56. The van der Waals surface area contributed by atoms with Crippen molar-refractivity contribution in [1.29, 1.82) is 0 Å². The first-order valence-electron chi connectivity index (χ1n) is 7.25. The quantitative estimate of drug-likeness (QED) is 0.907. The Bertz CT molecular complexity index is 651. The molecule has 1 aliphatic heterocycles. The zero-order valence-corrected chi connectivity index (χ0v) is 13.0. The minimum absolute atomic E-state index is 0.154. The fourth-order valence-corrected chi connectivity index (χ4v) is 2.25. The van der Waals surface area contributed by atoms with Crippen LogP contribution in [0, 0.1) is 5.92 Å². The van der Waals surface area contributed by atoms with E-state index in [2.05, 4.69) is 11.6 Å². The third kappa shape index (κ3) is 3.76. The molecule has 0 aliphatic carbocycles. The van der Waals surface area contributed by atoms with E-state index in [4.69, 9.17) is 4.74 Å². The second-order valence-electron chi connectivity index (χ2n) is 5.05. The van der Waals surface area contributed by atoms with Crippen LogP contribution in [-0.4, -0.2) is 24.5 Å². The second kappa shape index (κ2) is 7.46. The summed E-state index contributed by atoms with van der Waals surface area (Å²) in [6, 6.07) is 9.82. The molecular weight excluding hydrogens is 274 g/mol. The molecular formula is C19H21NO2. The molecule has 0 amide bonds. The maximum Gasteiger partial charge on any atom is 0.123 e. The number of allylic oxidation sites excluding steroid dienone is 3. The highest BCUT2D eigenvalue weighted by molar-refractivity contribution is 6.09. The maximum absolute atomic E-state index is 10.3. The average molecular weight is 295 g/mol. The summed E-state index contributed by atoms with van der Waals surface area (Å²) in [6.45, 7) is 6.20. The number of hydrogen-bond donors (Lipinski definition) is 1. The molecule has 0 saturated heterocycles. The van der Waals surface area contributed by atoms with Gasteiger partial charge in [-0.05, 0) is 11.6 Å². The molecule has 2 rings (SSSR count). The lowest BCUT2D eigenvalue weighted by atomic mass is 10.0. The molecule has 1 aliphatic rings. The van der Waals surface area contributed by atoms with E-state index in [0.29, 0.717) is 12.3 Å². The van der Waals surface area contributed by atoms with Gasteiger partial charge in [-0.25, -0.2) is 0 Å². The summed E-state index contributed by atoms with van der Waals surface area (Å²) < 4.78 is 5.40. The van der Waals surface area contributed by atoms with Gasteiger partial charge in [-0.1, -0.05) is 56.0 Å². The Morgan fingerprint density at radius 3 is 2.68 bits per heavy atom. The Labute approximate surface area is 131 Å². The molecule has 3 heteroatoms. The van der Waals surface area contributed by atoms with Crippen molar-refractivity contribution < 1.29 is 9.84 Å². The largest absolute Gasteiger partial charge is 0.512 e. The summed E-state index contributed by atoms with van der Waals surface area (Å²) >= 11 is 0. The second-order valence-corrected chi connectivity index (χ2v) is 5.05. The Hall–Kier alpha value is -2.55. The van der Waals surface area contributed by atoms with Gasteiger partial charge in [0.15, 0.2) is 0 Å². The van der Waals surface area contributed by atoms with Crippen LogP contribution in [0.4, 0.5) is 0 Å². The number of methoxy groups -OCH3 is 1. The molecule has 0 fully saturated rings. The molecule has 1 aromatic carbocycles. The third-order valence-corrected chi connectivity index (χ3v) is 3.51. The molecule has 1 heterocycles. The van der Waals surface area contributed by atoms with Crippen LogP contribution in [-0.2, 0) is 4.74 Å². The lowest BCUT2D eigenvalue weighted by Gasteiger charge is -2.13. The van der Waals surface area contributed by atoms with Gasteiger partial charge >= 0.3 is 0 Å². The Morgan fingerprint density at radius 2 is 2.05 bits per heavy atom. The Kier molecular flexibility index (Phi) is 5.37. The Morgan fingerprint density at radius 1 is 1.32 bits per heavy atom. The number of hydrogen-bond acceptors (Lipinski definition) is 3. The van der Waals surface area contributed by atoms with Crippen molar-refractivity contribution in [3.05, 3.63) is 83.9 Å². The van der Waals surface area contributed by atoms with Crippen LogP contribution >= 0.6 is 0 Å². The zero-order valence-electron chi connectivity index (χ0n) is 13.0. The van der Waals surface area contributed by atoms with E-state index in [0.717, 1.165) is 16.8 Å². The van der Waals surface area contributed by atoms with Crippen LogP contribution in [0.1, 0.15) is 12.5 Å². The highest BCUT2D eigenvalue weighted by atomic mass is 16.5. The summed E-state index contributed by atoms with van der Waals surface area (Å²) in [5.41, 5.74) is 2.59. The van der Waals surface area contributed by atoms with Crippen LogP contribution in [0.25, 0.3) is 0 Å². The van der Waals surface area contributed by atoms with E-state index in [1.807, 2.05) is 49.4 Å². The molecule has 1 N–H and O–H groups in total. The highest BCUT2D eigenvalue weighted by Crippen LogP contribution is 2.20. The molecule has 3 nitrogen and oxygen atoms in total. The first-order valence-corrected chi connectivity index (χ1v) is 7.25. The highest BCUT2D eigenvalue weighted by Gasteiger charge is 2.12. The van der Waals surface area contributed by atoms with Crippen LogP contribution < -0.4 is 0 Å². The lowest BCUT2D eigenvalue weighted by Crippen LogP contribution is -2.06. The third-order valence-electron chi connectivity index (χ3n) is 3.51. The number of aliphatic hydroxyl groups is 1. The summed E-state index contributed by atoms with van der Waals surface area (Å²) in [5.74, 6) is 0.825. The predicted molar refractivity (Wildman–Crippen MR) is 91.1 cm³/mol. The van der Waals surface area contributed by atoms with Gasteiger partial charge in [-0.3, -0.25) is 4.99 Å². The minimum atomic E-state index is -0.154. The standard InChI is InChI=1S/C19H21NO2/c1-4-15-12-14(2)18(21)13-17(16-8-6-5-7-9-16)20-11-10-19(15)22-3/h4-10,12-14,21H,1,11H2,2-3H3/b15-12-,18-13+,19-10+,20-17+. The number of benzene rings is 1. The molecule has 0 radical (unpaired) electrons. The molecule has 114 valence electrons. The lowest BCUT2D eigenvalue weighted by molar-refractivity contribution is 0.300. The number of rotatable bonds is 3. The summed E-state index contributed by atoms with van der Waals surface area (Å²) in [4.78, 5) is 4.57. The summed E-state index contributed by atoms with van der Waals surface area (Å²) in [7, 11) is 1.62. The van der Waals surface area contributed by atoms with Gasteiger partial charge in [0, 0.05) is 17.6 Å². The maximum atomic E-state index is 10.3. The molecule has 0 saturated carbocycles. The normalized spacial score (nSPS) is 28.7. The molecule has 0 aromatic heterocycles. The van der Waals surface area contributed by atoms with E-state index in [9.17, 15) is 5.11 Å². The molecule has 0 spiro atoms. The fraction of sp³-hybridized carbons (Fsp3) is 0.211. The van der Waals surface area contributed by atoms with Crippen molar-refractivity contribution in [1.82, 2.24) is 0 Å². The molecule has 22 heavy (non-hydrogen) atoms. The number of nitrogens with zero attached hydrogens (tertiary/aromatic N) is 1. The van der Waals surface area contributed by atoms with Crippen molar-refractivity contribution >= 4 is 5.71 Å². The van der Waals surface area contributed by atoms with Crippen molar-refractivity contribution in [2.45, 2.75) is 6.92 Å². The Balaban J connectivity index is 2.47. The molecule has 1 aromatic rings. The van der Waals surface area contributed by atoms with Crippen LogP contribution in [0.3, 0.4) is 0 Å². The van der Waals surface area contributed by atoms with Crippen LogP contribution in [0.2, 0.25) is 0 Å². The van der Waals surface area contributed by atoms with E-state index < -0.39 is 0 Å². The number of ether oxygens (including phenoxy) is 1. The summed E-state index contributed by atoms with van der Waals surface area (Å²) in [5, 5.41) is 10.3. The van der Waals surface area contributed by atoms with Gasteiger partial charge < -0.3 is 9.84 Å². The van der Waals surface area contributed by atoms with Gasteiger partial charge in [-0.2, -0.15) is 0 Å². The van der Waals surface area contributed by atoms with Crippen molar-refractivity contribution in [2.24, 2.45) is 10.9 Å². The smallest absolute Gasteiger partial charge is 0.123 e. The van der Waals surface area contributed by atoms with Crippen molar-refractivity contribution in [3.63, 3.8) is 0 Å². The molecule has 1 atom stereocenters. The van der Waals surface area contributed by atoms with E-state index in [1.54, 1.807) is 19.3 Å². The van der Waals surface area contributed by atoms with Gasteiger partial charge in [0.2, 0.25) is 0 Å². The monoisotopic (exact) mass is 295 g/mol. The van der Waals surface area contributed by atoms with E-state index >= 15 is 0 Å². The van der Waals surface area contributed by atoms with Crippen molar-refractivity contribution in [3.8, 4) is 0 Å². The molecule has 0 bridgehead atoms. The molecule has 1 unspecified atom stereocenters. The van der Waals surface area contributed by atoms with Crippen LogP contribution in [0.5, 0.6) is 0 Å². The minimum Gasteiger partial charge on any atom is -0.512 e. The number of aliphatic imine (C=N–C) groups is 1. The van der Waals surface area contributed by atoms with Gasteiger partial charge in [-0.15, -0.1) is 0 Å². The zero-order chi connectivity index (χ0) is 15.9. The first-order chi connectivity index (χ1) is 10.7.